The van der Waals surface area contributed by atoms with Gasteiger partial charge in [0, 0.05) is 30.6 Å². The second kappa shape index (κ2) is 5.19. The molecule has 0 bridgehead atoms. The molecule has 20 heavy (non-hydrogen) atoms. The number of hydrogen-bond acceptors (Lipinski definition) is 2. The lowest BCUT2D eigenvalue weighted by Crippen LogP contribution is -2.24. The zero-order valence-electron chi connectivity index (χ0n) is 10.9. The van der Waals surface area contributed by atoms with Crippen molar-refractivity contribution in [3.8, 4) is 5.75 Å². The maximum absolute atomic E-state index is 12.8. The van der Waals surface area contributed by atoms with Crippen LogP contribution in [0.4, 0.5) is 18.9 Å². The van der Waals surface area contributed by atoms with Gasteiger partial charge >= 0.3 is 6.18 Å². The zero-order chi connectivity index (χ0) is 14.9. The van der Waals surface area contributed by atoms with E-state index in [1.807, 2.05) is 0 Å². The summed E-state index contributed by atoms with van der Waals surface area (Å²) in [6.07, 6.45) is -2.48. The normalized spacial score (nSPS) is 19.3. The van der Waals surface area contributed by atoms with Crippen LogP contribution in [0.3, 0.4) is 0 Å². The number of ether oxygens (including phenoxy) is 1. The number of benzene rings is 1. The van der Waals surface area contributed by atoms with Gasteiger partial charge in [-0.2, -0.15) is 13.2 Å². The van der Waals surface area contributed by atoms with Crippen molar-refractivity contribution in [2.24, 2.45) is 5.92 Å². The lowest BCUT2D eigenvalue weighted by Gasteiger charge is -2.19. The molecule has 3 nitrogen and oxygen atoms in total. The predicted octanol–water partition coefficient (Wildman–Crippen LogP) is 3.25. The molecule has 1 aromatic rings. The quantitative estimate of drug-likeness (QED) is 0.798. The fourth-order valence-corrected chi connectivity index (χ4v) is 2.22. The highest BCUT2D eigenvalue weighted by Crippen LogP contribution is 2.39. The number of halogens is 3. The molecular weight excluding hydrogens is 271 g/mol. The van der Waals surface area contributed by atoms with Gasteiger partial charge in [0.25, 0.3) is 0 Å². The Morgan fingerprint density at radius 2 is 2.15 bits per heavy atom. The first-order valence-electron chi connectivity index (χ1n) is 6.05. The molecule has 1 unspecified atom stereocenters. The second-order valence-electron chi connectivity index (χ2n) is 4.59. The van der Waals surface area contributed by atoms with Crippen molar-refractivity contribution in [2.75, 3.05) is 18.6 Å². The number of methoxy groups -OCH3 is 1. The first-order valence-corrected chi connectivity index (χ1v) is 6.05. The van der Waals surface area contributed by atoms with Gasteiger partial charge in [-0.3, -0.25) is 4.79 Å². The van der Waals surface area contributed by atoms with E-state index < -0.39 is 11.7 Å². The van der Waals surface area contributed by atoms with Crippen LogP contribution < -0.4 is 9.64 Å². The van der Waals surface area contributed by atoms with Gasteiger partial charge in [-0.25, -0.2) is 0 Å². The molecule has 1 heterocycles. The van der Waals surface area contributed by atoms with E-state index in [4.69, 9.17) is 4.74 Å². The van der Waals surface area contributed by atoms with Crippen molar-refractivity contribution in [1.82, 2.24) is 0 Å². The summed E-state index contributed by atoms with van der Waals surface area (Å²) in [5, 5.41) is 0. The Bertz CT molecular complexity index is 540. The number of nitrogens with zero attached hydrogens (tertiary/aromatic N) is 1. The minimum Gasteiger partial charge on any atom is -0.496 e. The van der Waals surface area contributed by atoms with E-state index in [0.29, 0.717) is 18.7 Å². The predicted molar refractivity (Wildman–Crippen MR) is 68.7 cm³/mol. The number of hydrogen-bond donors (Lipinski definition) is 0. The highest BCUT2D eigenvalue weighted by Gasteiger charge is 2.35. The molecule has 1 aliphatic heterocycles. The number of rotatable bonds is 3. The van der Waals surface area contributed by atoms with Gasteiger partial charge in [0.1, 0.15) is 5.75 Å². The van der Waals surface area contributed by atoms with Crippen LogP contribution >= 0.6 is 0 Å². The lowest BCUT2D eigenvalue weighted by atomic mass is 10.1. The summed E-state index contributed by atoms with van der Waals surface area (Å²) in [6, 6.07) is 3.46. The molecule has 2 rings (SSSR count). The van der Waals surface area contributed by atoms with Crippen LogP contribution in [0, 0.1) is 5.92 Å². The average molecular weight is 285 g/mol. The van der Waals surface area contributed by atoms with E-state index in [0.717, 1.165) is 6.07 Å². The van der Waals surface area contributed by atoms with Crippen LogP contribution in [0.25, 0.3) is 0 Å². The summed E-state index contributed by atoms with van der Waals surface area (Å²) in [5.74, 6) is -0.391. The van der Waals surface area contributed by atoms with Crippen LogP contribution in [-0.4, -0.2) is 19.6 Å². The fraction of sp³-hybridized carbons (Fsp3) is 0.357. The van der Waals surface area contributed by atoms with Crippen LogP contribution in [0.15, 0.2) is 30.9 Å². The molecule has 1 atom stereocenters. The second-order valence-corrected chi connectivity index (χ2v) is 4.59. The molecule has 0 aliphatic carbocycles. The van der Waals surface area contributed by atoms with E-state index >= 15 is 0 Å². The maximum atomic E-state index is 12.8. The molecule has 6 heteroatoms. The Morgan fingerprint density at radius 3 is 2.65 bits per heavy atom. The molecule has 1 saturated heterocycles. The van der Waals surface area contributed by atoms with Crippen LogP contribution in [-0.2, 0) is 11.0 Å². The van der Waals surface area contributed by atoms with E-state index in [9.17, 15) is 18.0 Å². The molecule has 0 saturated carbocycles. The van der Waals surface area contributed by atoms with Gasteiger partial charge in [0.05, 0.1) is 12.7 Å². The van der Waals surface area contributed by atoms with Gasteiger partial charge in [-0.1, -0.05) is 6.08 Å². The summed E-state index contributed by atoms with van der Waals surface area (Å²) in [5.41, 5.74) is -0.445. The highest BCUT2D eigenvalue weighted by atomic mass is 19.4. The smallest absolute Gasteiger partial charge is 0.419 e. The van der Waals surface area contributed by atoms with Crippen molar-refractivity contribution >= 4 is 11.6 Å². The molecule has 0 N–H and O–H groups in total. The van der Waals surface area contributed by atoms with Crippen molar-refractivity contribution < 1.29 is 22.7 Å². The van der Waals surface area contributed by atoms with E-state index in [-0.39, 0.29) is 17.6 Å². The summed E-state index contributed by atoms with van der Waals surface area (Å²) in [4.78, 5) is 13.3. The van der Waals surface area contributed by atoms with E-state index in [1.54, 1.807) is 6.08 Å². The molecule has 0 radical (unpaired) electrons. The monoisotopic (exact) mass is 285 g/mol. The minimum atomic E-state index is -4.48. The molecule has 1 aromatic carbocycles. The van der Waals surface area contributed by atoms with Crippen LogP contribution in [0.5, 0.6) is 5.75 Å². The molecule has 1 amide bonds. The van der Waals surface area contributed by atoms with Gasteiger partial charge < -0.3 is 9.64 Å². The molecular formula is C14H14F3NO2. The number of carbonyl (C=O) groups excluding carboxylic acids is 1. The van der Waals surface area contributed by atoms with Gasteiger partial charge in [-0.15, -0.1) is 6.58 Å². The Balaban J connectivity index is 2.35. The highest BCUT2D eigenvalue weighted by molar-refractivity contribution is 5.96. The Hall–Kier alpha value is -1.98. The van der Waals surface area contributed by atoms with E-state index in [1.165, 1.54) is 24.1 Å². The van der Waals surface area contributed by atoms with Gasteiger partial charge in [0.15, 0.2) is 0 Å². The third-order valence-corrected chi connectivity index (χ3v) is 3.29. The summed E-state index contributed by atoms with van der Waals surface area (Å²) in [6.45, 7) is 4.06. The Kier molecular flexibility index (Phi) is 3.74. The van der Waals surface area contributed by atoms with Crippen molar-refractivity contribution in [3.63, 3.8) is 0 Å². The number of carbonyl (C=O) groups is 1. The standard InChI is InChI=1S/C14H14F3NO2/c1-3-9-6-13(19)18(8-9)10-4-5-11(14(15,16)17)12(7-10)20-2/h3-5,7,9H,1,6,8H2,2H3. The van der Waals surface area contributed by atoms with Crippen molar-refractivity contribution in [1.29, 1.82) is 0 Å². The summed E-state index contributed by atoms with van der Waals surface area (Å²) in [7, 11) is 1.17. The van der Waals surface area contributed by atoms with Crippen LogP contribution in [0.2, 0.25) is 0 Å². The van der Waals surface area contributed by atoms with Gasteiger partial charge in [0.2, 0.25) is 5.91 Å². The van der Waals surface area contributed by atoms with Crippen molar-refractivity contribution in [2.45, 2.75) is 12.6 Å². The third kappa shape index (κ3) is 2.64. The third-order valence-electron chi connectivity index (χ3n) is 3.29. The average Bonchev–Trinajstić information content (AvgIpc) is 2.78. The Morgan fingerprint density at radius 1 is 1.45 bits per heavy atom. The largest absolute Gasteiger partial charge is 0.496 e. The van der Waals surface area contributed by atoms with Gasteiger partial charge in [-0.05, 0) is 12.1 Å². The first kappa shape index (κ1) is 14.4. The Labute approximate surface area is 114 Å². The SMILES string of the molecule is C=CC1CC(=O)N(c2ccc(C(F)(F)F)c(OC)c2)C1. The maximum Gasteiger partial charge on any atom is 0.419 e. The summed E-state index contributed by atoms with van der Waals surface area (Å²) >= 11 is 0. The van der Waals surface area contributed by atoms with E-state index in [2.05, 4.69) is 6.58 Å². The van der Waals surface area contributed by atoms with Crippen molar-refractivity contribution in [3.05, 3.63) is 36.4 Å². The molecule has 108 valence electrons. The molecule has 1 fully saturated rings. The number of amides is 1. The topological polar surface area (TPSA) is 29.5 Å². The zero-order valence-corrected chi connectivity index (χ0v) is 10.9. The number of anilines is 1. The fourth-order valence-electron chi connectivity index (χ4n) is 2.22. The van der Waals surface area contributed by atoms with Crippen LogP contribution in [0.1, 0.15) is 12.0 Å². The molecule has 0 aromatic heterocycles. The minimum absolute atomic E-state index is 0.0239. The first-order chi connectivity index (χ1) is 9.36. The molecule has 1 aliphatic rings. The summed E-state index contributed by atoms with van der Waals surface area (Å²) < 4.78 is 43.1. The molecule has 0 spiro atoms. The number of alkyl halides is 3. The lowest BCUT2D eigenvalue weighted by molar-refractivity contribution is -0.138.